The predicted molar refractivity (Wildman–Crippen MR) is 184 cm³/mol. The first-order valence-electron chi connectivity index (χ1n) is 16.6. The number of rotatable bonds is 8. The first-order chi connectivity index (χ1) is 21.8. The Morgan fingerprint density at radius 1 is 1.09 bits per heavy atom. The van der Waals surface area contributed by atoms with Gasteiger partial charge in [-0.05, 0) is 106 Å². The largest absolute Gasteiger partial charge is 0.477 e. The number of amides is 1. The molecule has 3 atom stereocenters. The summed E-state index contributed by atoms with van der Waals surface area (Å²) in [6, 6.07) is 16.5. The van der Waals surface area contributed by atoms with Crippen LogP contribution in [0.5, 0.6) is 5.88 Å². The van der Waals surface area contributed by atoms with Crippen molar-refractivity contribution < 1.29 is 18.5 Å². The van der Waals surface area contributed by atoms with Gasteiger partial charge in [0.25, 0.3) is 0 Å². The van der Waals surface area contributed by atoms with E-state index < -0.39 is 11.0 Å². The normalized spacial score (nSPS) is 24.2. The highest BCUT2D eigenvalue weighted by Crippen LogP contribution is 2.49. The molecular weight excluding hydrogens is 596 g/mol. The Labute approximate surface area is 277 Å². The minimum Gasteiger partial charge on any atom is -0.477 e. The molecule has 0 saturated heterocycles. The molecule has 1 aliphatic heterocycles. The van der Waals surface area contributed by atoms with Crippen molar-refractivity contribution in [3.8, 4) is 17.1 Å². The maximum atomic E-state index is 13.7. The fourth-order valence-electron chi connectivity index (χ4n) is 7.21. The lowest BCUT2D eigenvalue weighted by Gasteiger charge is -2.49. The van der Waals surface area contributed by atoms with Crippen LogP contribution in [-0.2, 0) is 15.7 Å². The van der Waals surface area contributed by atoms with Crippen LogP contribution in [0.15, 0.2) is 53.4 Å². The number of anilines is 1. The molecule has 2 unspecified atom stereocenters. The average Bonchev–Trinajstić information content (AvgIpc) is 2.97. The van der Waals surface area contributed by atoms with Crippen LogP contribution in [0.1, 0.15) is 89.3 Å². The monoisotopic (exact) mass is 646 g/mol. The third-order valence-corrected chi connectivity index (χ3v) is 10.7. The molecule has 1 fully saturated rings. The molecule has 3 aromatic rings. The Kier molecular flexibility index (Phi) is 10.4. The van der Waals surface area contributed by atoms with Crippen LogP contribution in [0, 0.1) is 31.1 Å². The summed E-state index contributed by atoms with van der Waals surface area (Å²) in [5.41, 5.74) is 5.31. The number of fused-ring (bicyclic) bond motifs is 4. The SMILES string of the molecule is Cc1cccc(C)c1-c1cc2nc(n1)NS(=O)c1cccc(c1)C(CCC1(C)CC(N(C)C(=O)OC(C)C)C1)[C@H](CC(C)C)CO2. The summed E-state index contributed by atoms with van der Waals surface area (Å²) in [6.45, 7) is 15.3. The molecule has 1 amide bonds. The summed E-state index contributed by atoms with van der Waals surface area (Å²) in [6.07, 6.45) is 4.51. The molecule has 1 N–H and O–H groups in total. The number of nitrogens with zero attached hydrogens (tertiary/aromatic N) is 3. The third-order valence-electron chi connectivity index (χ3n) is 9.60. The molecule has 1 aliphatic carbocycles. The van der Waals surface area contributed by atoms with Crippen molar-refractivity contribution in [1.82, 2.24) is 14.9 Å². The van der Waals surface area contributed by atoms with E-state index in [4.69, 9.17) is 14.5 Å². The predicted octanol–water partition coefficient (Wildman–Crippen LogP) is 8.46. The zero-order valence-corrected chi connectivity index (χ0v) is 29.4. The summed E-state index contributed by atoms with van der Waals surface area (Å²) in [5, 5.41) is 0. The standard InChI is InChI=1S/C37H50N4O4S/c1-23(2)17-28-22-44-33-19-32(34-25(5)11-9-12-26(34)6)38-35(39-33)40-46(43)30-14-10-13-27(18-30)31(28)15-16-37(7)20-29(21-37)41(8)36(42)45-24(3)4/h9-14,18-19,23-24,28-29,31H,15-17,20-22H2,1-8H3,(H,38,39,40)/t28-,29?,31?,37?,46?/m1/s1. The molecule has 2 aliphatic rings. The highest BCUT2D eigenvalue weighted by molar-refractivity contribution is 7.86. The molecule has 1 saturated carbocycles. The van der Waals surface area contributed by atoms with E-state index in [2.05, 4.69) is 68.6 Å². The van der Waals surface area contributed by atoms with Crippen LogP contribution in [0.4, 0.5) is 10.7 Å². The van der Waals surface area contributed by atoms with Crippen molar-refractivity contribution in [3.63, 3.8) is 0 Å². The van der Waals surface area contributed by atoms with Gasteiger partial charge in [-0.1, -0.05) is 51.1 Å². The molecule has 1 aromatic heterocycles. The van der Waals surface area contributed by atoms with Crippen molar-refractivity contribution in [2.75, 3.05) is 18.4 Å². The Balaban J connectivity index is 1.43. The lowest BCUT2D eigenvalue weighted by Crippen LogP contribution is -2.50. The summed E-state index contributed by atoms with van der Waals surface area (Å²) < 4.78 is 28.7. The van der Waals surface area contributed by atoms with E-state index in [1.54, 1.807) is 4.90 Å². The van der Waals surface area contributed by atoms with E-state index >= 15 is 0 Å². The Bertz CT molecular complexity index is 1550. The Morgan fingerprint density at radius 2 is 1.78 bits per heavy atom. The molecule has 2 heterocycles. The number of nitrogens with one attached hydrogen (secondary N) is 1. The highest BCUT2D eigenvalue weighted by atomic mass is 32.2. The van der Waals surface area contributed by atoms with Gasteiger partial charge in [-0.3, -0.25) is 4.72 Å². The second-order valence-corrected chi connectivity index (χ2v) is 15.6. The van der Waals surface area contributed by atoms with Crippen molar-refractivity contribution in [2.45, 2.75) is 104 Å². The smallest absolute Gasteiger partial charge is 0.410 e. The molecule has 9 heteroatoms. The molecule has 0 spiro atoms. The number of carbonyl (C=O) groups excluding carboxylic acids is 1. The quantitative estimate of drug-likeness (QED) is 0.264. The van der Waals surface area contributed by atoms with Gasteiger partial charge >= 0.3 is 6.09 Å². The van der Waals surface area contributed by atoms with Gasteiger partial charge in [0.1, 0.15) is 0 Å². The summed E-state index contributed by atoms with van der Waals surface area (Å²) >= 11 is 0. The van der Waals surface area contributed by atoms with Gasteiger partial charge in [-0.2, -0.15) is 4.98 Å². The number of hydrogen-bond acceptors (Lipinski definition) is 6. The van der Waals surface area contributed by atoms with Crippen LogP contribution < -0.4 is 9.46 Å². The summed E-state index contributed by atoms with van der Waals surface area (Å²) in [4.78, 5) is 24.4. The Hall–Kier alpha value is -3.46. The molecular formula is C37H50N4O4S. The third kappa shape index (κ3) is 7.91. The van der Waals surface area contributed by atoms with Gasteiger partial charge in [0, 0.05) is 30.6 Å². The number of benzene rings is 2. The molecule has 46 heavy (non-hydrogen) atoms. The fourth-order valence-corrected chi connectivity index (χ4v) is 8.03. The molecule has 2 aromatic carbocycles. The van der Waals surface area contributed by atoms with Crippen LogP contribution in [0.25, 0.3) is 11.3 Å². The lowest BCUT2D eigenvalue weighted by molar-refractivity contribution is 0.00345. The number of aromatic nitrogens is 2. The first kappa shape index (κ1) is 33.9. The number of carbonyl (C=O) groups is 1. The maximum absolute atomic E-state index is 13.7. The zero-order chi connectivity index (χ0) is 33.2. The lowest BCUT2D eigenvalue weighted by atomic mass is 9.62. The molecule has 5 rings (SSSR count). The van der Waals surface area contributed by atoms with E-state index in [1.165, 1.54) is 5.56 Å². The highest BCUT2D eigenvalue weighted by Gasteiger charge is 2.44. The molecule has 8 nitrogen and oxygen atoms in total. The van der Waals surface area contributed by atoms with Crippen LogP contribution in [0.3, 0.4) is 0 Å². The maximum Gasteiger partial charge on any atom is 0.410 e. The fraction of sp³-hybridized carbons (Fsp3) is 0.541. The minimum absolute atomic E-state index is 0.130. The van der Waals surface area contributed by atoms with E-state index in [0.29, 0.717) is 23.3 Å². The van der Waals surface area contributed by atoms with Gasteiger partial charge in [0.15, 0.2) is 11.0 Å². The van der Waals surface area contributed by atoms with Gasteiger partial charge in [-0.25, -0.2) is 14.0 Å². The average molecular weight is 647 g/mol. The second-order valence-electron chi connectivity index (χ2n) is 14.4. The van der Waals surface area contributed by atoms with Crippen LogP contribution in [-0.4, -0.2) is 51.0 Å². The number of hydrogen-bond donors (Lipinski definition) is 1. The van der Waals surface area contributed by atoms with Crippen molar-refractivity contribution in [3.05, 3.63) is 65.2 Å². The van der Waals surface area contributed by atoms with Crippen molar-refractivity contribution >= 4 is 23.0 Å². The van der Waals surface area contributed by atoms with Gasteiger partial charge in [0.2, 0.25) is 11.8 Å². The van der Waals surface area contributed by atoms with Crippen molar-refractivity contribution in [1.29, 1.82) is 0 Å². The van der Waals surface area contributed by atoms with Gasteiger partial charge in [-0.15, -0.1) is 0 Å². The van der Waals surface area contributed by atoms with Crippen LogP contribution >= 0.6 is 0 Å². The van der Waals surface area contributed by atoms with E-state index in [1.807, 2.05) is 45.2 Å². The van der Waals surface area contributed by atoms with Gasteiger partial charge in [0.05, 0.1) is 23.3 Å². The molecule has 248 valence electrons. The number of ether oxygens (including phenoxy) is 2. The Morgan fingerprint density at radius 3 is 2.46 bits per heavy atom. The topological polar surface area (TPSA) is 93.7 Å². The van der Waals surface area contributed by atoms with Crippen LogP contribution in [0.2, 0.25) is 0 Å². The number of aryl methyl sites for hydroxylation is 2. The van der Waals surface area contributed by atoms with Gasteiger partial charge < -0.3 is 14.4 Å². The van der Waals surface area contributed by atoms with Crippen molar-refractivity contribution in [2.24, 2.45) is 17.3 Å². The van der Waals surface area contributed by atoms with E-state index in [-0.39, 0.29) is 41.4 Å². The molecule has 0 radical (unpaired) electrons. The first-order valence-corrected chi connectivity index (χ1v) is 17.8. The minimum atomic E-state index is -1.56. The zero-order valence-electron chi connectivity index (χ0n) is 28.6. The van der Waals surface area contributed by atoms with E-state index in [9.17, 15) is 9.00 Å². The summed E-state index contributed by atoms with van der Waals surface area (Å²) in [5.74, 6) is 1.66. The van der Waals surface area contributed by atoms with E-state index in [0.717, 1.165) is 54.5 Å². The molecule has 4 bridgehead atoms. The second kappa shape index (κ2) is 14.1. The summed E-state index contributed by atoms with van der Waals surface area (Å²) in [7, 11) is 0.294.